The number of carbonyl (C=O) groups excluding carboxylic acids is 2. The van der Waals surface area contributed by atoms with Crippen molar-refractivity contribution in [3.05, 3.63) is 75.8 Å². The molecule has 0 aromatic heterocycles. The number of nitrogens with zero attached hydrogens (tertiary/aromatic N) is 2. The molecule has 0 amide bonds. The summed E-state index contributed by atoms with van der Waals surface area (Å²) in [4.78, 5) is 27.4. The van der Waals surface area contributed by atoms with Crippen LogP contribution in [0.4, 0.5) is 11.4 Å². The van der Waals surface area contributed by atoms with E-state index in [1.165, 1.54) is 0 Å². The van der Waals surface area contributed by atoms with E-state index in [1.807, 2.05) is 30.3 Å². The average molecular weight is 748 g/mol. The second kappa shape index (κ2) is 18.4. The van der Waals surface area contributed by atoms with E-state index in [1.54, 1.807) is 19.5 Å². The predicted molar refractivity (Wildman–Crippen MR) is 200 cm³/mol. The van der Waals surface area contributed by atoms with Gasteiger partial charge in [0.05, 0.1) is 18.5 Å². The molecule has 0 unspecified atom stereocenters. The molecule has 0 atom stereocenters. The maximum Gasteiger partial charge on any atom is 2.00 e. The van der Waals surface area contributed by atoms with Gasteiger partial charge in [-0.05, 0) is 70.9 Å². The van der Waals surface area contributed by atoms with Crippen molar-refractivity contribution in [2.75, 3.05) is 7.11 Å². The van der Waals surface area contributed by atoms with Crippen molar-refractivity contribution in [1.82, 2.24) is 0 Å². The van der Waals surface area contributed by atoms with Gasteiger partial charge in [-0.25, -0.2) is 0 Å². The molecular formula is C41H56CoN2O7. The minimum atomic E-state index is -1.08. The van der Waals surface area contributed by atoms with Crippen LogP contribution >= 0.6 is 0 Å². The number of carbonyl (C=O) groups is 2. The Hall–Kier alpha value is -4.15. The molecule has 0 fully saturated rings. The minimum Gasteiger partial charge on any atom is -0.550 e. The Morgan fingerprint density at radius 3 is 1.24 bits per heavy atom. The van der Waals surface area contributed by atoms with E-state index in [2.05, 4.69) is 95.2 Å². The van der Waals surface area contributed by atoms with E-state index in [9.17, 15) is 10.2 Å². The molecule has 0 spiro atoms. The second-order valence-corrected chi connectivity index (χ2v) is 16.3. The van der Waals surface area contributed by atoms with E-state index in [-0.39, 0.29) is 49.9 Å². The predicted octanol–water partition coefficient (Wildman–Crippen LogP) is 7.31. The number of aromatic hydroxyl groups is 2. The van der Waals surface area contributed by atoms with Gasteiger partial charge in [0.15, 0.2) is 0 Å². The third-order valence-corrected chi connectivity index (χ3v) is 7.49. The van der Waals surface area contributed by atoms with Crippen LogP contribution in [-0.2, 0) is 48.0 Å². The molecule has 9 nitrogen and oxygen atoms in total. The van der Waals surface area contributed by atoms with Crippen LogP contribution in [0.2, 0.25) is 0 Å². The van der Waals surface area contributed by atoms with Gasteiger partial charge in [-0.15, -0.1) is 0 Å². The van der Waals surface area contributed by atoms with Crippen LogP contribution in [0.5, 0.6) is 17.2 Å². The van der Waals surface area contributed by atoms with Crippen molar-refractivity contribution in [3.63, 3.8) is 0 Å². The number of phenols is 2. The molecular weight excluding hydrogens is 691 g/mol. The Labute approximate surface area is 315 Å². The number of aliphatic carboxylic acids is 2. The zero-order valence-corrected chi connectivity index (χ0v) is 33.9. The monoisotopic (exact) mass is 747 g/mol. The molecule has 0 saturated heterocycles. The van der Waals surface area contributed by atoms with E-state index >= 15 is 0 Å². The van der Waals surface area contributed by atoms with Crippen LogP contribution in [0.25, 0.3) is 0 Å². The summed E-state index contributed by atoms with van der Waals surface area (Å²) in [5.41, 5.74) is 5.85. The van der Waals surface area contributed by atoms with E-state index in [0.29, 0.717) is 28.3 Å². The molecule has 3 aromatic carbocycles. The Morgan fingerprint density at radius 1 is 0.608 bits per heavy atom. The first-order valence-electron chi connectivity index (χ1n) is 16.5. The average Bonchev–Trinajstić information content (AvgIpc) is 2.93. The third-order valence-electron chi connectivity index (χ3n) is 7.49. The molecule has 0 bridgehead atoms. The van der Waals surface area contributed by atoms with Gasteiger partial charge < -0.3 is 34.8 Å². The largest absolute Gasteiger partial charge is 2.00 e. The van der Waals surface area contributed by atoms with Crippen LogP contribution in [-0.4, -0.2) is 41.7 Å². The molecule has 10 heteroatoms. The Kier molecular flexibility index (Phi) is 16.9. The number of aliphatic imine (C=N–C) groups is 2. The maximum absolute atomic E-state index is 11.3. The van der Waals surface area contributed by atoms with Gasteiger partial charge in [-0.3, -0.25) is 9.98 Å². The number of carboxylic acids is 2. The minimum absolute atomic E-state index is 0. The quantitative estimate of drug-likeness (QED) is 0.260. The van der Waals surface area contributed by atoms with Crippen molar-refractivity contribution >= 4 is 35.7 Å². The molecule has 0 aliphatic rings. The summed E-state index contributed by atoms with van der Waals surface area (Å²) >= 11 is 0. The Bertz CT molecular complexity index is 1700. The standard InChI is InChI=1S/C37H50N2O3.2C2H4O2.Co/c1-34(2,3)25-16-23(32(40)28(18-25)36(7,8)9)21-38-30-15-14-27(42-13)20-31(30)39-22-24-17-26(35(4,5)6)19-29(33(24)41)37(10,11)12;2*1-2(3)4;/h14-22,40-41H,1-13H3;2*1H3,(H,3,4);/q;;;+2/p-2. The Morgan fingerprint density at radius 2 is 0.941 bits per heavy atom. The van der Waals surface area contributed by atoms with Gasteiger partial charge in [0.25, 0.3) is 0 Å². The van der Waals surface area contributed by atoms with Crippen LogP contribution in [0, 0.1) is 0 Å². The molecule has 3 rings (SSSR count). The molecule has 2 N–H and O–H groups in total. The molecule has 3 aromatic rings. The van der Waals surface area contributed by atoms with Crippen molar-refractivity contribution in [2.45, 2.75) is 119 Å². The fourth-order valence-corrected chi connectivity index (χ4v) is 4.64. The molecule has 281 valence electrons. The molecule has 0 heterocycles. The summed E-state index contributed by atoms with van der Waals surface area (Å²) in [5.74, 6) is -1.06. The van der Waals surface area contributed by atoms with Gasteiger partial charge in [0.2, 0.25) is 0 Å². The fourth-order valence-electron chi connectivity index (χ4n) is 4.64. The summed E-state index contributed by atoms with van der Waals surface area (Å²) in [7, 11) is 1.62. The molecule has 0 aliphatic heterocycles. The van der Waals surface area contributed by atoms with Crippen molar-refractivity contribution < 1.29 is 51.5 Å². The maximum atomic E-state index is 11.3. The second-order valence-electron chi connectivity index (χ2n) is 16.3. The van der Waals surface area contributed by atoms with Crippen molar-refractivity contribution in [1.29, 1.82) is 0 Å². The number of carboxylic acid groups (broad SMARTS) is 2. The zero-order chi connectivity index (χ0) is 39.0. The summed E-state index contributed by atoms with van der Waals surface area (Å²) in [5, 5.41) is 40.3. The van der Waals surface area contributed by atoms with E-state index in [4.69, 9.17) is 34.5 Å². The van der Waals surface area contributed by atoms with Gasteiger partial charge in [-0.1, -0.05) is 95.2 Å². The van der Waals surface area contributed by atoms with Gasteiger partial charge in [0, 0.05) is 52.7 Å². The first kappa shape index (κ1) is 46.8. The van der Waals surface area contributed by atoms with E-state index in [0.717, 1.165) is 36.1 Å². The smallest absolute Gasteiger partial charge is 0.550 e. The number of benzene rings is 3. The topological polar surface area (TPSA) is 155 Å². The molecule has 0 aliphatic carbocycles. The first-order valence-corrected chi connectivity index (χ1v) is 16.5. The number of methoxy groups -OCH3 is 1. The first-order chi connectivity index (χ1) is 22.6. The SMILES string of the molecule is CC(=O)[O-].CC(=O)[O-].COc1ccc(N=Cc2cc(C(C)(C)C)cc(C(C)(C)C)c2O)c(N=Cc2cc(C(C)(C)C)cc(C(C)(C)C)c2O)c1.[Co+2]. The molecule has 0 saturated carbocycles. The number of ether oxygens (including phenoxy) is 1. The van der Waals surface area contributed by atoms with Crippen molar-refractivity contribution in [2.24, 2.45) is 9.98 Å². The summed E-state index contributed by atoms with van der Waals surface area (Å²) < 4.78 is 5.49. The normalized spacial score (nSPS) is 12.0. The number of hydrogen-bond acceptors (Lipinski definition) is 9. The number of rotatable bonds is 5. The number of phenolic OH excluding ortho intramolecular Hbond substituents is 2. The van der Waals surface area contributed by atoms with Crippen LogP contribution in [0.15, 0.2) is 52.4 Å². The van der Waals surface area contributed by atoms with Crippen LogP contribution in [0.3, 0.4) is 0 Å². The van der Waals surface area contributed by atoms with Gasteiger partial charge in [-0.2, -0.15) is 0 Å². The van der Waals surface area contributed by atoms with Crippen LogP contribution < -0.4 is 14.9 Å². The molecule has 1 radical (unpaired) electrons. The van der Waals surface area contributed by atoms with Gasteiger partial charge in [0.1, 0.15) is 17.2 Å². The number of hydrogen-bond donors (Lipinski definition) is 2. The summed E-state index contributed by atoms with van der Waals surface area (Å²) in [6.07, 6.45) is 3.40. The summed E-state index contributed by atoms with van der Waals surface area (Å²) in [6, 6.07) is 13.7. The van der Waals surface area contributed by atoms with E-state index < -0.39 is 11.9 Å². The summed E-state index contributed by atoms with van der Waals surface area (Å²) in [6.45, 7) is 27.5. The Balaban J connectivity index is 0.00000251. The van der Waals surface area contributed by atoms with Crippen LogP contribution in [0.1, 0.15) is 130 Å². The van der Waals surface area contributed by atoms with Gasteiger partial charge >= 0.3 is 16.8 Å². The zero-order valence-electron chi connectivity index (χ0n) is 32.9. The van der Waals surface area contributed by atoms with Crippen molar-refractivity contribution in [3.8, 4) is 17.2 Å². The molecule has 51 heavy (non-hydrogen) atoms. The third kappa shape index (κ3) is 14.9. The fraction of sp³-hybridized carbons (Fsp3) is 0.463.